The Kier molecular flexibility index (Phi) is 12.1. The van der Waals surface area contributed by atoms with E-state index < -0.39 is 0 Å². The molecule has 0 heterocycles. The van der Waals surface area contributed by atoms with E-state index in [9.17, 15) is 9.32 Å². The van der Waals surface area contributed by atoms with Gasteiger partial charge >= 0.3 is 0 Å². The lowest BCUT2D eigenvalue weighted by Crippen LogP contribution is -2.25. The van der Waals surface area contributed by atoms with Crippen LogP contribution in [0.2, 0.25) is 0 Å². The average molecular weight is 256 g/mol. The summed E-state index contributed by atoms with van der Waals surface area (Å²) in [5, 5.41) is 2.68. The number of amides is 1. The largest absolute Gasteiger partial charge is 0.356 e. The summed E-state index contributed by atoms with van der Waals surface area (Å²) < 4.78 is 11.2. The van der Waals surface area contributed by atoms with Gasteiger partial charge in [0.15, 0.2) is 0 Å². The van der Waals surface area contributed by atoms with E-state index in [-0.39, 0.29) is 12.5 Å². The summed E-state index contributed by atoms with van der Waals surface area (Å²) in [6, 6.07) is 0. The zero-order valence-corrected chi connectivity index (χ0v) is 10.2. The fourth-order valence-electron chi connectivity index (χ4n) is 0.743. The minimum Gasteiger partial charge on any atom is -0.356 e. The van der Waals surface area contributed by atoms with Crippen LogP contribution in [-0.4, -0.2) is 37.1 Å². The first-order valence-electron chi connectivity index (χ1n) is 4.76. The number of hydrogen-bond donors (Lipinski definition) is 2. The minimum atomic E-state index is -0.00490. The van der Waals surface area contributed by atoms with Gasteiger partial charge in [-0.05, 0) is 10.9 Å². The van der Waals surface area contributed by atoms with E-state index in [1.54, 1.807) is 21.6 Å². The van der Waals surface area contributed by atoms with Crippen molar-refractivity contribution in [3.8, 4) is 0 Å². The molecule has 0 aliphatic carbocycles. The van der Waals surface area contributed by atoms with E-state index in [2.05, 4.69) is 10.3 Å². The maximum Gasteiger partial charge on any atom is 0.220 e. The van der Waals surface area contributed by atoms with Crippen molar-refractivity contribution in [2.45, 2.75) is 12.8 Å². The van der Waals surface area contributed by atoms with Crippen LogP contribution >= 0.6 is 21.6 Å². The van der Waals surface area contributed by atoms with Crippen molar-refractivity contribution in [2.24, 2.45) is 5.73 Å². The fraction of sp³-hybridized carbons (Fsp3) is 0.875. The molecule has 0 saturated carbocycles. The number of carbonyl (C=O) groups is 1. The van der Waals surface area contributed by atoms with Crippen LogP contribution < -0.4 is 11.1 Å². The topological polar surface area (TPSA) is 64.4 Å². The number of nitrogens with one attached hydrogen (secondary N) is 1. The molecule has 0 aliphatic rings. The Hall–Kier alpha value is 0.0200. The Morgan fingerprint density at radius 2 is 2.13 bits per heavy atom. The Bertz CT molecular complexity index is 164. The average Bonchev–Trinajstić information content (AvgIpc) is 2.24. The van der Waals surface area contributed by atoms with E-state index in [4.69, 9.17) is 5.73 Å². The molecular formula is C8H17FN2O2S2. The van der Waals surface area contributed by atoms with Crippen molar-refractivity contribution >= 4 is 27.5 Å². The lowest BCUT2D eigenvalue weighted by Gasteiger charge is -2.03. The number of nitrogens with two attached hydrogens (primary N) is 1. The molecule has 0 spiro atoms. The maximum atomic E-state index is 11.2. The highest BCUT2D eigenvalue weighted by Crippen LogP contribution is 2.20. The van der Waals surface area contributed by atoms with Crippen LogP contribution in [-0.2, 0) is 9.74 Å². The molecule has 0 unspecified atom stereocenters. The van der Waals surface area contributed by atoms with Gasteiger partial charge in [-0.15, -0.1) is 0 Å². The standard InChI is InChI=1S/C8H17FN2O2S2/c9-13-5-1-4-11-8(12)2-6-14-15-7-3-10/h1-7,10H2,(H,11,12). The third kappa shape index (κ3) is 11.9. The molecule has 0 atom stereocenters. The molecule has 1 amide bonds. The van der Waals surface area contributed by atoms with Crippen molar-refractivity contribution in [1.82, 2.24) is 5.32 Å². The van der Waals surface area contributed by atoms with Crippen LogP contribution in [0.5, 0.6) is 0 Å². The molecule has 90 valence electrons. The molecule has 0 aromatic rings. The molecule has 3 N–H and O–H groups in total. The van der Waals surface area contributed by atoms with Crippen LogP contribution in [0.25, 0.3) is 0 Å². The van der Waals surface area contributed by atoms with Crippen molar-refractivity contribution in [1.29, 1.82) is 0 Å². The molecule has 0 bridgehead atoms. The quantitative estimate of drug-likeness (QED) is 0.453. The lowest BCUT2D eigenvalue weighted by molar-refractivity contribution is -0.133. The molecule has 4 nitrogen and oxygen atoms in total. The van der Waals surface area contributed by atoms with Gasteiger partial charge in [-0.2, -0.15) is 4.94 Å². The molecule has 0 aromatic carbocycles. The highest BCUT2D eigenvalue weighted by atomic mass is 33.1. The summed E-state index contributed by atoms with van der Waals surface area (Å²) in [5.74, 6) is 1.67. The van der Waals surface area contributed by atoms with Gasteiger partial charge < -0.3 is 11.1 Å². The SMILES string of the molecule is NCCSSCCC(=O)NCCCOF. The van der Waals surface area contributed by atoms with Gasteiger partial charge in [-0.1, -0.05) is 21.6 Å². The van der Waals surface area contributed by atoms with Gasteiger partial charge in [0.05, 0.1) is 6.61 Å². The van der Waals surface area contributed by atoms with E-state index in [1.165, 1.54) is 0 Å². The van der Waals surface area contributed by atoms with Crippen molar-refractivity contribution in [3.05, 3.63) is 0 Å². The summed E-state index contributed by atoms with van der Waals surface area (Å²) in [7, 11) is 3.31. The number of halogens is 1. The van der Waals surface area contributed by atoms with Crippen LogP contribution in [0.15, 0.2) is 0 Å². The van der Waals surface area contributed by atoms with Crippen molar-refractivity contribution < 1.29 is 14.3 Å². The van der Waals surface area contributed by atoms with Crippen LogP contribution in [0.4, 0.5) is 4.53 Å². The van der Waals surface area contributed by atoms with Gasteiger partial charge in [0.25, 0.3) is 0 Å². The summed E-state index contributed by atoms with van der Waals surface area (Å²) in [6.45, 7) is 1.15. The second-order valence-corrected chi connectivity index (χ2v) is 5.40. The molecule has 0 fully saturated rings. The maximum absolute atomic E-state index is 11.2. The van der Waals surface area contributed by atoms with Gasteiger partial charge in [0.2, 0.25) is 5.91 Å². The predicted molar refractivity (Wildman–Crippen MR) is 63.3 cm³/mol. The van der Waals surface area contributed by atoms with Crippen molar-refractivity contribution in [3.63, 3.8) is 0 Å². The predicted octanol–water partition coefficient (Wildman–Crippen LogP) is 1.12. The second kappa shape index (κ2) is 12.1. The van der Waals surface area contributed by atoms with Crippen LogP contribution in [0.1, 0.15) is 12.8 Å². The molecule has 0 radical (unpaired) electrons. The van der Waals surface area contributed by atoms with Crippen LogP contribution in [0.3, 0.4) is 0 Å². The lowest BCUT2D eigenvalue weighted by atomic mass is 10.4. The third-order valence-electron chi connectivity index (χ3n) is 1.42. The number of rotatable bonds is 10. The first-order chi connectivity index (χ1) is 7.31. The summed E-state index contributed by atoms with van der Waals surface area (Å²) in [6.07, 6.45) is 0.982. The summed E-state index contributed by atoms with van der Waals surface area (Å²) in [5.41, 5.74) is 5.31. The zero-order chi connectivity index (χ0) is 11.4. The van der Waals surface area contributed by atoms with E-state index >= 15 is 0 Å². The van der Waals surface area contributed by atoms with Gasteiger partial charge in [0, 0.05) is 31.0 Å². The second-order valence-electron chi connectivity index (χ2n) is 2.70. The van der Waals surface area contributed by atoms with E-state index in [0.29, 0.717) is 25.9 Å². The van der Waals surface area contributed by atoms with Crippen LogP contribution in [0, 0.1) is 0 Å². The molecular weight excluding hydrogens is 239 g/mol. The number of carbonyl (C=O) groups excluding carboxylic acids is 1. The van der Waals surface area contributed by atoms with Crippen molar-refractivity contribution in [2.75, 3.05) is 31.2 Å². The van der Waals surface area contributed by atoms with E-state index in [0.717, 1.165) is 11.5 Å². The van der Waals surface area contributed by atoms with Gasteiger partial charge in [-0.25, -0.2) is 0 Å². The molecule has 0 saturated heterocycles. The molecule has 0 aliphatic heterocycles. The monoisotopic (exact) mass is 256 g/mol. The zero-order valence-electron chi connectivity index (χ0n) is 8.54. The third-order valence-corrected chi connectivity index (χ3v) is 3.86. The highest BCUT2D eigenvalue weighted by Gasteiger charge is 2.00. The minimum absolute atomic E-state index is 0.00490. The first kappa shape index (κ1) is 15.0. The molecule has 7 heteroatoms. The Labute approximate surface area is 97.2 Å². The Balaban J connectivity index is 3.11. The normalized spacial score (nSPS) is 10.3. The summed E-state index contributed by atoms with van der Waals surface area (Å²) in [4.78, 5) is 14.5. The first-order valence-corrected chi connectivity index (χ1v) is 7.24. The van der Waals surface area contributed by atoms with Gasteiger partial charge in [-0.3, -0.25) is 4.79 Å². The smallest absolute Gasteiger partial charge is 0.220 e. The highest BCUT2D eigenvalue weighted by molar-refractivity contribution is 8.76. The molecule has 0 rings (SSSR count). The summed E-state index contributed by atoms with van der Waals surface area (Å²) >= 11 is 0. The Morgan fingerprint density at radius 1 is 1.40 bits per heavy atom. The Morgan fingerprint density at radius 3 is 2.80 bits per heavy atom. The number of hydrogen-bond acceptors (Lipinski definition) is 5. The fourth-order valence-corrected chi connectivity index (χ4v) is 2.59. The molecule has 15 heavy (non-hydrogen) atoms. The van der Waals surface area contributed by atoms with E-state index in [1.807, 2.05) is 0 Å². The molecule has 0 aromatic heterocycles. The van der Waals surface area contributed by atoms with Gasteiger partial charge in [0.1, 0.15) is 0 Å².